The maximum absolute atomic E-state index is 11.8. The molecule has 1 aromatic heterocycles. The second-order valence-electron chi connectivity index (χ2n) is 3.85. The Morgan fingerprint density at radius 3 is 2.42 bits per heavy atom. The number of rotatable bonds is 5. The van der Waals surface area contributed by atoms with Gasteiger partial charge in [0.2, 0.25) is 11.8 Å². The molecule has 0 spiro atoms. The van der Waals surface area contributed by atoms with Crippen molar-refractivity contribution >= 4 is 23.5 Å². The fourth-order valence-corrected chi connectivity index (χ4v) is 1.34. The lowest BCUT2D eigenvalue weighted by atomic mass is 10.2. The van der Waals surface area contributed by atoms with Gasteiger partial charge in [-0.2, -0.15) is 0 Å². The molecule has 0 fully saturated rings. The third-order valence-corrected chi connectivity index (χ3v) is 2.11. The standard InChI is InChI=1S/C12H16N4O3/c1-8(17)13-5-6-15-12(19)10-3-4-14-11(7-10)16-9(2)18/h3-4,7H,5-6H2,1-2H3,(H,13,17)(H,15,19)(H,14,16,18). The molecule has 0 bridgehead atoms. The number of carbonyl (C=O) groups is 3. The highest BCUT2D eigenvalue weighted by atomic mass is 16.2. The van der Waals surface area contributed by atoms with Crippen LogP contribution in [0.4, 0.5) is 5.82 Å². The van der Waals surface area contributed by atoms with Gasteiger partial charge in [-0.3, -0.25) is 14.4 Å². The van der Waals surface area contributed by atoms with Gasteiger partial charge >= 0.3 is 0 Å². The van der Waals surface area contributed by atoms with E-state index >= 15 is 0 Å². The van der Waals surface area contributed by atoms with Gasteiger partial charge in [0, 0.05) is 38.7 Å². The highest BCUT2D eigenvalue weighted by Crippen LogP contribution is 2.06. The number of hydrogen-bond donors (Lipinski definition) is 3. The maximum atomic E-state index is 11.8. The Morgan fingerprint density at radius 2 is 1.79 bits per heavy atom. The van der Waals surface area contributed by atoms with Crippen molar-refractivity contribution in [2.24, 2.45) is 0 Å². The Kier molecular flexibility index (Phi) is 5.46. The van der Waals surface area contributed by atoms with Crippen molar-refractivity contribution < 1.29 is 14.4 Å². The number of pyridine rings is 1. The van der Waals surface area contributed by atoms with Crippen LogP contribution < -0.4 is 16.0 Å². The first kappa shape index (κ1) is 14.6. The van der Waals surface area contributed by atoms with Crippen LogP contribution in [0.3, 0.4) is 0 Å². The van der Waals surface area contributed by atoms with Crippen molar-refractivity contribution in [2.75, 3.05) is 18.4 Å². The Labute approximate surface area is 110 Å². The molecule has 1 heterocycles. The van der Waals surface area contributed by atoms with Crippen LogP contribution in [0.15, 0.2) is 18.3 Å². The van der Waals surface area contributed by atoms with E-state index < -0.39 is 0 Å². The minimum Gasteiger partial charge on any atom is -0.355 e. The lowest BCUT2D eigenvalue weighted by Crippen LogP contribution is -2.33. The Balaban J connectivity index is 2.52. The average molecular weight is 264 g/mol. The van der Waals surface area contributed by atoms with E-state index in [0.717, 1.165) is 0 Å². The van der Waals surface area contributed by atoms with E-state index in [0.29, 0.717) is 24.5 Å². The largest absolute Gasteiger partial charge is 0.355 e. The van der Waals surface area contributed by atoms with Crippen molar-refractivity contribution in [3.8, 4) is 0 Å². The highest BCUT2D eigenvalue weighted by Gasteiger charge is 2.06. The zero-order valence-corrected chi connectivity index (χ0v) is 10.8. The molecule has 102 valence electrons. The zero-order chi connectivity index (χ0) is 14.3. The summed E-state index contributed by atoms with van der Waals surface area (Å²) in [6.07, 6.45) is 1.44. The van der Waals surface area contributed by atoms with Gasteiger partial charge < -0.3 is 16.0 Å². The summed E-state index contributed by atoms with van der Waals surface area (Å²) < 4.78 is 0. The summed E-state index contributed by atoms with van der Waals surface area (Å²) in [4.78, 5) is 37.2. The smallest absolute Gasteiger partial charge is 0.251 e. The van der Waals surface area contributed by atoms with Crippen LogP contribution in [-0.4, -0.2) is 35.8 Å². The Bertz CT molecular complexity index is 488. The van der Waals surface area contributed by atoms with E-state index in [-0.39, 0.29) is 17.7 Å². The number of amides is 3. The minimum atomic E-state index is -0.292. The van der Waals surface area contributed by atoms with Gasteiger partial charge in [0.1, 0.15) is 5.82 Å². The monoisotopic (exact) mass is 264 g/mol. The van der Waals surface area contributed by atoms with Gasteiger partial charge in [-0.25, -0.2) is 4.98 Å². The van der Waals surface area contributed by atoms with Crippen molar-refractivity contribution in [3.05, 3.63) is 23.9 Å². The van der Waals surface area contributed by atoms with E-state index in [2.05, 4.69) is 20.9 Å². The van der Waals surface area contributed by atoms with Crippen LogP contribution in [0, 0.1) is 0 Å². The molecule has 0 radical (unpaired) electrons. The molecule has 3 amide bonds. The van der Waals surface area contributed by atoms with E-state index in [1.807, 2.05) is 0 Å². The molecule has 1 aromatic rings. The number of aromatic nitrogens is 1. The van der Waals surface area contributed by atoms with E-state index in [1.165, 1.54) is 26.1 Å². The summed E-state index contributed by atoms with van der Waals surface area (Å²) in [5.41, 5.74) is 0.390. The van der Waals surface area contributed by atoms with Crippen molar-refractivity contribution in [3.63, 3.8) is 0 Å². The number of carbonyl (C=O) groups excluding carboxylic acids is 3. The molecular weight excluding hydrogens is 248 g/mol. The molecule has 0 unspecified atom stereocenters. The average Bonchev–Trinajstić information content (AvgIpc) is 2.33. The molecule has 7 heteroatoms. The predicted octanol–water partition coefficient (Wildman–Crippen LogP) is -0.0941. The third-order valence-electron chi connectivity index (χ3n) is 2.11. The summed E-state index contributed by atoms with van der Waals surface area (Å²) in [6.45, 7) is 3.47. The second-order valence-corrected chi connectivity index (χ2v) is 3.85. The van der Waals surface area contributed by atoms with E-state index in [9.17, 15) is 14.4 Å². The van der Waals surface area contributed by atoms with Crippen LogP contribution in [0.1, 0.15) is 24.2 Å². The molecule has 0 saturated heterocycles. The molecule has 0 aliphatic rings. The number of nitrogens with zero attached hydrogens (tertiary/aromatic N) is 1. The molecule has 0 aliphatic carbocycles. The normalized spacial score (nSPS) is 9.58. The maximum Gasteiger partial charge on any atom is 0.251 e. The van der Waals surface area contributed by atoms with Crippen molar-refractivity contribution in [1.82, 2.24) is 15.6 Å². The SMILES string of the molecule is CC(=O)NCCNC(=O)c1ccnc(NC(C)=O)c1. The molecule has 1 rings (SSSR count). The fourth-order valence-electron chi connectivity index (χ4n) is 1.34. The Hall–Kier alpha value is -2.44. The molecule has 7 nitrogen and oxygen atoms in total. The van der Waals surface area contributed by atoms with Gasteiger partial charge in [0.25, 0.3) is 5.91 Å². The molecular formula is C12H16N4O3. The molecule has 19 heavy (non-hydrogen) atoms. The molecule has 0 atom stereocenters. The summed E-state index contributed by atoms with van der Waals surface area (Å²) in [7, 11) is 0. The summed E-state index contributed by atoms with van der Waals surface area (Å²) in [6, 6.07) is 3.02. The minimum absolute atomic E-state index is 0.147. The molecule has 3 N–H and O–H groups in total. The van der Waals surface area contributed by atoms with Gasteiger partial charge in [-0.15, -0.1) is 0 Å². The first-order valence-corrected chi connectivity index (χ1v) is 5.75. The summed E-state index contributed by atoms with van der Waals surface area (Å²) >= 11 is 0. The number of nitrogens with one attached hydrogen (secondary N) is 3. The summed E-state index contributed by atoms with van der Waals surface area (Å²) in [5, 5.41) is 7.70. The van der Waals surface area contributed by atoms with E-state index in [1.54, 1.807) is 6.07 Å². The van der Waals surface area contributed by atoms with Gasteiger partial charge in [0.15, 0.2) is 0 Å². The van der Waals surface area contributed by atoms with Crippen LogP contribution in [-0.2, 0) is 9.59 Å². The van der Waals surface area contributed by atoms with Gasteiger partial charge in [-0.05, 0) is 12.1 Å². The van der Waals surface area contributed by atoms with Gasteiger partial charge in [0.05, 0.1) is 0 Å². The van der Waals surface area contributed by atoms with E-state index in [4.69, 9.17) is 0 Å². The lowest BCUT2D eigenvalue weighted by Gasteiger charge is -2.07. The van der Waals surface area contributed by atoms with Crippen LogP contribution in [0.5, 0.6) is 0 Å². The third kappa shape index (κ3) is 5.62. The van der Waals surface area contributed by atoms with Gasteiger partial charge in [-0.1, -0.05) is 0 Å². The first-order chi connectivity index (χ1) is 8.99. The number of hydrogen-bond acceptors (Lipinski definition) is 4. The highest BCUT2D eigenvalue weighted by molar-refractivity contribution is 5.96. The van der Waals surface area contributed by atoms with Crippen molar-refractivity contribution in [1.29, 1.82) is 0 Å². The van der Waals surface area contributed by atoms with Crippen molar-refractivity contribution in [2.45, 2.75) is 13.8 Å². The topological polar surface area (TPSA) is 100 Å². The summed E-state index contributed by atoms with van der Waals surface area (Å²) in [5.74, 6) is -0.372. The van der Waals surface area contributed by atoms with Crippen LogP contribution in [0.2, 0.25) is 0 Å². The van der Waals surface area contributed by atoms with Crippen LogP contribution in [0.25, 0.3) is 0 Å². The fraction of sp³-hybridized carbons (Fsp3) is 0.333. The molecule has 0 saturated carbocycles. The van der Waals surface area contributed by atoms with Crippen LogP contribution >= 0.6 is 0 Å². The Morgan fingerprint density at radius 1 is 1.11 bits per heavy atom. The molecule has 0 aromatic carbocycles. The lowest BCUT2D eigenvalue weighted by molar-refractivity contribution is -0.119. The predicted molar refractivity (Wildman–Crippen MR) is 69.6 cm³/mol. The quantitative estimate of drug-likeness (QED) is 0.647. The second kappa shape index (κ2) is 7.10. The first-order valence-electron chi connectivity index (χ1n) is 5.75. The molecule has 0 aliphatic heterocycles. The zero-order valence-electron chi connectivity index (χ0n) is 10.8. The number of anilines is 1.